The van der Waals surface area contributed by atoms with Gasteiger partial charge >= 0.3 is 0 Å². The normalized spacial score (nSPS) is 27.7. The van der Waals surface area contributed by atoms with Crippen LogP contribution in [0.3, 0.4) is 0 Å². The maximum atomic E-state index is 6.17. The third kappa shape index (κ3) is 3.12. The van der Waals surface area contributed by atoms with Crippen LogP contribution in [0.2, 0.25) is 0 Å². The summed E-state index contributed by atoms with van der Waals surface area (Å²) in [5.74, 6) is 6.06. The fraction of sp³-hybridized carbons (Fsp3) is 0.833. The van der Waals surface area contributed by atoms with E-state index in [0.29, 0.717) is 0 Å². The summed E-state index contributed by atoms with van der Waals surface area (Å²) in [6.45, 7) is 4.14. The Balaban J connectivity index is 2.92. The Morgan fingerprint density at radius 2 is 2.00 bits per heavy atom. The number of methoxy groups -OCH3 is 1. The molecule has 16 heavy (non-hydrogen) atoms. The molecule has 0 amide bonds. The molecule has 0 radical (unpaired) electrons. The minimum Gasteiger partial charge on any atom is -0.398 e. The van der Waals surface area contributed by atoms with Gasteiger partial charge in [0.1, 0.15) is 0 Å². The van der Waals surface area contributed by atoms with Gasteiger partial charge in [0, 0.05) is 13.2 Å². The van der Waals surface area contributed by atoms with Crippen molar-refractivity contribution in [3.8, 4) is 0 Å². The van der Waals surface area contributed by atoms with Crippen LogP contribution in [0.15, 0.2) is 11.4 Å². The van der Waals surface area contributed by atoms with E-state index in [1.807, 2.05) is 0 Å². The van der Waals surface area contributed by atoms with E-state index in [9.17, 15) is 0 Å². The first kappa shape index (κ1) is 13.3. The summed E-state index contributed by atoms with van der Waals surface area (Å²) in [6, 6.07) is 0.269. The number of hydrazine groups is 1. The fourth-order valence-electron chi connectivity index (χ4n) is 2.12. The second kappa shape index (κ2) is 6.11. The Bertz CT molecular complexity index is 251. The van der Waals surface area contributed by atoms with E-state index in [2.05, 4.69) is 13.8 Å². The van der Waals surface area contributed by atoms with Crippen LogP contribution in [-0.4, -0.2) is 24.3 Å². The van der Waals surface area contributed by atoms with Gasteiger partial charge in [0.05, 0.1) is 17.5 Å². The molecule has 1 atom stereocenters. The van der Waals surface area contributed by atoms with Crippen molar-refractivity contribution in [3.63, 3.8) is 0 Å². The third-order valence-corrected chi connectivity index (χ3v) is 3.21. The van der Waals surface area contributed by atoms with Crippen LogP contribution < -0.4 is 11.6 Å². The molecule has 0 aromatic heterocycles. The predicted molar refractivity (Wildman–Crippen MR) is 66.3 cm³/mol. The second-order valence-electron chi connectivity index (χ2n) is 4.73. The van der Waals surface area contributed by atoms with Crippen molar-refractivity contribution >= 4 is 0 Å². The molecule has 0 fully saturated rings. The number of ether oxygens (including phenoxy) is 1. The van der Waals surface area contributed by atoms with Crippen molar-refractivity contribution in [2.75, 3.05) is 7.11 Å². The van der Waals surface area contributed by atoms with Crippen molar-refractivity contribution < 1.29 is 4.74 Å². The van der Waals surface area contributed by atoms with E-state index in [-0.39, 0.29) is 12.1 Å². The SMILES string of the molecule is COC1CCCCC/C(N(N)C(C)C)=C\1N. The number of hydrogen-bond donors (Lipinski definition) is 2. The Labute approximate surface area is 98.6 Å². The molecule has 1 aliphatic carbocycles. The van der Waals surface area contributed by atoms with Crippen LogP contribution in [0.4, 0.5) is 0 Å². The Hall–Kier alpha value is -0.740. The molecule has 4 N–H and O–H groups in total. The number of allylic oxidation sites excluding steroid dienone is 1. The molecule has 0 aromatic carbocycles. The summed E-state index contributed by atoms with van der Waals surface area (Å²) in [7, 11) is 1.72. The van der Waals surface area contributed by atoms with Gasteiger partial charge in [-0.05, 0) is 33.1 Å². The lowest BCUT2D eigenvalue weighted by Gasteiger charge is -2.31. The predicted octanol–water partition coefficient (Wildman–Crippen LogP) is 1.72. The lowest BCUT2D eigenvalue weighted by Crippen LogP contribution is -2.40. The Morgan fingerprint density at radius 3 is 2.56 bits per heavy atom. The summed E-state index contributed by atoms with van der Waals surface area (Å²) in [5.41, 5.74) is 8.05. The molecule has 0 aromatic rings. The number of nitrogens with two attached hydrogens (primary N) is 2. The van der Waals surface area contributed by atoms with Crippen molar-refractivity contribution in [2.45, 2.75) is 58.1 Å². The van der Waals surface area contributed by atoms with Gasteiger partial charge in [-0.2, -0.15) is 0 Å². The summed E-state index contributed by atoms with van der Waals surface area (Å²) in [6.07, 6.45) is 5.55. The fourth-order valence-corrected chi connectivity index (χ4v) is 2.12. The topological polar surface area (TPSA) is 64.5 Å². The van der Waals surface area contributed by atoms with Gasteiger partial charge in [-0.3, -0.25) is 0 Å². The van der Waals surface area contributed by atoms with Crippen LogP contribution in [0, 0.1) is 0 Å². The molecule has 4 heteroatoms. The van der Waals surface area contributed by atoms with Gasteiger partial charge in [-0.15, -0.1) is 0 Å². The van der Waals surface area contributed by atoms with E-state index in [4.69, 9.17) is 16.3 Å². The summed E-state index contributed by atoms with van der Waals surface area (Å²) < 4.78 is 5.43. The van der Waals surface area contributed by atoms with Crippen molar-refractivity contribution in [1.29, 1.82) is 0 Å². The highest BCUT2D eigenvalue weighted by Crippen LogP contribution is 2.24. The molecular formula is C12H25N3O. The molecule has 1 unspecified atom stereocenters. The third-order valence-electron chi connectivity index (χ3n) is 3.21. The highest BCUT2D eigenvalue weighted by Gasteiger charge is 2.21. The number of rotatable bonds is 3. The zero-order valence-corrected chi connectivity index (χ0v) is 10.7. The molecule has 94 valence electrons. The van der Waals surface area contributed by atoms with Gasteiger partial charge in [0.2, 0.25) is 0 Å². The van der Waals surface area contributed by atoms with Gasteiger partial charge in [-0.1, -0.05) is 12.8 Å². The molecule has 0 spiro atoms. The zero-order valence-electron chi connectivity index (χ0n) is 10.7. The molecule has 0 saturated carbocycles. The maximum Gasteiger partial charge on any atom is 0.0981 e. The van der Waals surface area contributed by atoms with Crippen molar-refractivity contribution in [1.82, 2.24) is 5.01 Å². The molecule has 0 heterocycles. The number of nitrogens with zero attached hydrogens (tertiary/aromatic N) is 1. The van der Waals surface area contributed by atoms with Crippen LogP contribution >= 0.6 is 0 Å². The van der Waals surface area contributed by atoms with Crippen LogP contribution in [0.1, 0.15) is 46.0 Å². The Kier molecular flexibility index (Phi) is 5.09. The monoisotopic (exact) mass is 227 g/mol. The summed E-state index contributed by atoms with van der Waals surface area (Å²) >= 11 is 0. The average Bonchev–Trinajstić information content (AvgIpc) is 2.24. The summed E-state index contributed by atoms with van der Waals surface area (Å²) in [5, 5.41) is 1.78. The summed E-state index contributed by atoms with van der Waals surface area (Å²) in [4.78, 5) is 0. The standard InChI is InChI=1S/C12H25N3O/c1-9(2)15(14)10-7-5-4-6-8-11(16-3)12(10)13/h9,11H,4-8,13-14H2,1-3H3/b12-10-. The molecule has 4 nitrogen and oxygen atoms in total. The minimum atomic E-state index is 0.0279. The quantitative estimate of drug-likeness (QED) is 0.569. The molecule has 1 aliphatic rings. The molecular weight excluding hydrogens is 202 g/mol. The smallest absolute Gasteiger partial charge is 0.0981 e. The Morgan fingerprint density at radius 1 is 1.31 bits per heavy atom. The minimum absolute atomic E-state index is 0.0279. The van der Waals surface area contributed by atoms with E-state index < -0.39 is 0 Å². The maximum absolute atomic E-state index is 6.17. The van der Waals surface area contributed by atoms with Gasteiger partial charge in [0.25, 0.3) is 0 Å². The van der Waals surface area contributed by atoms with Crippen LogP contribution in [0.25, 0.3) is 0 Å². The lowest BCUT2D eigenvalue weighted by molar-refractivity contribution is 0.112. The largest absolute Gasteiger partial charge is 0.398 e. The van der Waals surface area contributed by atoms with E-state index in [1.54, 1.807) is 12.1 Å². The van der Waals surface area contributed by atoms with E-state index >= 15 is 0 Å². The highest BCUT2D eigenvalue weighted by atomic mass is 16.5. The first-order chi connectivity index (χ1) is 7.57. The molecule has 1 rings (SSSR count). The molecule has 0 saturated heterocycles. The highest BCUT2D eigenvalue weighted by molar-refractivity contribution is 5.15. The second-order valence-corrected chi connectivity index (χ2v) is 4.73. The van der Waals surface area contributed by atoms with Gasteiger partial charge in [-0.25, -0.2) is 5.84 Å². The average molecular weight is 227 g/mol. The first-order valence-corrected chi connectivity index (χ1v) is 6.13. The van der Waals surface area contributed by atoms with Crippen LogP contribution in [-0.2, 0) is 4.74 Å². The first-order valence-electron chi connectivity index (χ1n) is 6.13. The number of hydrogen-bond acceptors (Lipinski definition) is 4. The van der Waals surface area contributed by atoms with Crippen LogP contribution in [0.5, 0.6) is 0 Å². The van der Waals surface area contributed by atoms with Gasteiger partial charge < -0.3 is 15.5 Å². The lowest BCUT2D eigenvalue weighted by atomic mass is 9.98. The molecule has 0 aliphatic heterocycles. The molecule has 0 bridgehead atoms. The zero-order chi connectivity index (χ0) is 12.1. The van der Waals surface area contributed by atoms with E-state index in [1.165, 1.54) is 12.8 Å². The van der Waals surface area contributed by atoms with Crippen molar-refractivity contribution in [3.05, 3.63) is 11.4 Å². The van der Waals surface area contributed by atoms with Crippen molar-refractivity contribution in [2.24, 2.45) is 11.6 Å². The van der Waals surface area contributed by atoms with Gasteiger partial charge in [0.15, 0.2) is 0 Å². The van der Waals surface area contributed by atoms with E-state index in [0.717, 1.165) is 30.7 Å².